The number of piperazine rings is 1. The molecule has 39 heavy (non-hydrogen) atoms. The Balaban J connectivity index is 1.29. The van der Waals surface area contributed by atoms with Crippen LogP contribution in [0, 0.1) is 0 Å². The van der Waals surface area contributed by atoms with E-state index in [1.807, 2.05) is 36.7 Å². The summed E-state index contributed by atoms with van der Waals surface area (Å²) in [6, 6.07) is 29.9. The van der Waals surface area contributed by atoms with Gasteiger partial charge in [-0.1, -0.05) is 92.2 Å². The number of nitrogens with one attached hydrogen (secondary N) is 1. The van der Waals surface area contributed by atoms with Crippen LogP contribution in [0.1, 0.15) is 47.6 Å². The molecule has 5 heteroatoms. The van der Waals surface area contributed by atoms with Gasteiger partial charge in [-0.05, 0) is 39.6 Å². The third kappa shape index (κ3) is 5.07. The van der Waals surface area contributed by atoms with Gasteiger partial charge in [-0.3, -0.25) is 4.79 Å². The summed E-state index contributed by atoms with van der Waals surface area (Å²) in [5.41, 5.74) is 2.14. The van der Waals surface area contributed by atoms with Gasteiger partial charge in [0.2, 0.25) is 0 Å². The van der Waals surface area contributed by atoms with Crippen molar-refractivity contribution < 1.29 is 9.28 Å². The molecule has 0 bridgehead atoms. The van der Waals surface area contributed by atoms with E-state index in [1.165, 1.54) is 16.3 Å². The number of aromatic nitrogens is 2. The van der Waals surface area contributed by atoms with Crippen molar-refractivity contribution in [2.75, 3.05) is 32.7 Å². The van der Waals surface area contributed by atoms with Gasteiger partial charge in [0.1, 0.15) is 0 Å². The molecule has 6 rings (SSSR count). The lowest BCUT2D eigenvalue weighted by Gasteiger charge is -2.49. The third-order valence-electron chi connectivity index (χ3n) is 8.63. The second-order valence-electron chi connectivity index (χ2n) is 10.9. The first kappa shape index (κ1) is 25.3. The number of imidazole rings is 1. The van der Waals surface area contributed by atoms with E-state index in [1.54, 1.807) is 0 Å². The fourth-order valence-electron chi connectivity index (χ4n) is 6.41. The largest absolute Gasteiger partial charge is 0.344 e. The highest BCUT2D eigenvalue weighted by Gasteiger charge is 2.43. The highest BCUT2D eigenvalue weighted by atomic mass is 16.2. The van der Waals surface area contributed by atoms with Gasteiger partial charge in [0.15, 0.2) is 11.9 Å². The number of nitrogens with zero attached hydrogens (tertiary/aromatic N) is 3. The van der Waals surface area contributed by atoms with E-state index in [9.17, 15) is 4.79 Å². The predicted octanol–water partition coefficient (Wildman–Crippen LogP) is 6.77. The Morgan fingerprint density at radius 2 is 1.67 bits per heavy atom. The summed E-state index contributed by atoms with van der Waals surface area (Å²) in [7, 11) is 0. The quantitative estimate of drug-likeness (QED) is 0.231. The molecule has 0 spiro atoms. The number of carbonyl (C=O) groups is 1. The van der Waals surface area contributed by atoms with Gasteiger partial charge in [-0.2, -0.15) is 0 Å². The molecule has 2 heterocycles. The third-order valence-corrected chi connectivity index (χ3v) is 8.63. The van der Waals surface area contributed by atoms with Crippen LogP contribution in [0.25, 0.3) is 21.5 Å². The van der Waals surface area contributed by atoms with Gasteiger partial charge < -0.3 is 14.4 Å². The first-order valence-electron chi connectivity index (χ1n) is 14.3. The van der Waals surface area contributed by atoms with E-state index in [0.29, 0.717) is 0 Å². The van der Waals surface area contributed by atoms with Crippen molar-refractivity contribution in [1.82, 2.24) is 14.9 Å². The fraction of sp³-hybridized carbons (Fsp3) is 0.294. The number of benzene rings is 4. The van der Waals surface area contributed by atoms with E-state index in [2.05, 4.69) is 77.5 Å². The number of aromatic amines is 1. The van der Waals surface area contributed by atoms with Gasteiger partial charge in [-0.15, -0.1) is 0 Å². The number of unbranched alkanes of at least 4 members (excludes halogenated alkanes) is 1. The van der Waals surface area contributed by atoms with Crippen LogP contribution in [-0.4, -0.2) is 58.0 Å². The number of H-pyrrole nitrogens is 1. The molecule has 0 radical (unpaired) electrons. The summed E-state index contributed by atoms with van der Waals surface area (Å²) < 4.78 is 0.952. The molecule has 4 aromatic carbocycles. The number of amides is 1. The molecule has 1 N–H and O–H groups in total. The number of hydrogen-bond acceptors (Lipinski definition) is 2. The summed E-state index contributed by atoms with van der Waals surface area (Å²) in [5, 5.41) is 4.69. The molecule has 5 nitrogen and oxygen atoms in total. The Bertz CT molecular complexity index is 1560. The predicted molar refractivity (Wildman–Crippen MR) is 159 cm³/mol. The van der Waals surface area contributed by atoms with Crippen molar-refractivity contribution in [2.24, 2.45) is 0 Å². The smallest absolute Gasteiger partial charge is 0.254 e. The summed E-state index contributed by atoms with van der Waals surface area (Å²) >= 11 is 0. The highest BCUT2D eigenvalue weighted by molar-refractivity contribution is 6.07. The van der Waals surface area contributed by atoms with Crippen LogP contribution in [0.3, 0.4) is 0 Å². The van der Waals surface area contributed by atoms with Gasteiger partial charge in [0, 0.05) is 24.4 Å². The molecule has 0 saturated carbocycles. The van der Waals surface area contributed by atoms with E-state index >= 15 is 0 Å². The van der Waals surface area contributed by atoms with Crippen molar-refractivity contribution in [3.8, 4) is 0 Å². The minimum absolute atomic E-state index is 0.143. The molecule has 198 valence electrons. The van der Waals surface area contributed by atoms with E-state index in [4.69, 9.17) is 4.98 Å². The zero-order valence-electron chi connectivity index (χ0n) is 22.7. The maximum atomic E-state index is 13.8. The molecule has 1 amide bonds. The molecule has 5 aromatic rings. The van der Waals surface area contributed by atoms with Crippen LogP contribution in [-0.2, 0) is 6.42 Å². The summed E-state index contributed by atoms with van der Waals surface area (Å²) in [5.74, 6) is 1.19. The summed E-state index contributed by atoms with van der Waals surface area (Å²) in [6.07, 6.45) is 7.05. The van der Waals surface area contributed by atoms with Crippen molar-refractivity contribution >= 4 is 27.5 Å². The number of rotatable bonds is 8. The lowest BCUT2D eigenvalue weighted by molar-refractivity contribution is -0.961. The Kier molecular flexibility index (Phi) is 7.16. The zero-order chi connectivity index (χ0) is 26.7. The van der Waals surface area contributed by atoms with E-state index in [0.717, 1.165) is 78.6 Å². The average molecular weight is 518 g/mol. The molecule has 1 aliphatic heterocycles. The molecular formula is C34H37N4O+. The molecular weight excluding hydrogens is 480 g/mol. The monoisotopic (exact) mass is 517 g/mol. The fourth-order valence-corrected chi connectivity index (χ4v) is 6.41. The lowest BCUT2D eigenvalue weighted by Crippen LogP contribution is -2.62. The minimum Gasteiger partial charge on any atom is -0.344 e. The molecule has 0 aliphatic carbocycles. The second kappa shape index (κ2) is 11.0. The molecule has 1 atom stereocenters. The summed E-state index contributed by atoms with van der Waals surface area (Å²) in [6.45, 7) is 6.71. The number of carbonyl (C=O) groups excluding carboxylic acids is 1. The zero-order valence-corrected chi connectivity index (χ0v) is 22.7. The Morgan fingerprint density at radius 1 is 0.923 bits per heavy atom. The number of hydrogen-bond donors (Lipinski definition) is 1. The van der Waals surface area contributed by atoms with Crippen LogP contribution in [0.2, 0.25) is 0 Å². The number of quaternary nitrogens is 1. The van der Waals surface area contributed by atoms with Gasteiger partial charge in [0.05, 0.1) is 32.7 Å². The summed E-state index contributed by atoms with van der Waals surface area (Å²) in [4.78, 5) is 24.1. The minimum atomic E-state index is 0.143. The SMILES string of the molecule is CCCC[N+]1([C@@H](Cc2ccc3ccccc3c2)c2ncc[nH]2)CCN(C(=O)c2cccc3ccccc23)CC1. The van der Waals surface area contributed by atoms with E-state index in [-0.39, 0.29) is 11.9 Å². The maximum Gasteiger partial charge on any atom is 0.254 e. The van der Waals surface area contributed by atoms with Gasteiger partial charge in [-0.25, -0.2) is 4.98 Å². The lowest BCUT2D eigenvalue weighted by atomic mass is 9.96. The van der Waals surface area contributed by atoms with Crippen molar-refractivity contribution in [3.63, 3.8) is 0 Å². The van der Waals surface area contributed by atoms with Crippen LogP contribution >= 0.6 is 0 Å². The first-order chi connectivity index (χ1) is 19.2. The standard InChI is InChI=1S/C34H37N4O/c1-2-3-21-38(22-19-37(20-23-38)34(39)31-14-8-12-28-10-6-7-13-30(28)31)32(33-35-17-18-36-33)25-26-15-16-27-9-4-5-11-29(27)24-26/h4-18,24,32H,2-3,19-23,25H2,1H3,(H,35,36)/q+1/t32-/m0/s1. The average Bonchev–Trinajstić information content (AvgIpc) is 3.53. The number of fused-ring (bicyclic) bond motifs is 2. The topological polar surface area (TPSA) is 49.0 Å². The Hall–Kier alpha value is -3.96. The second-order valence-corrected chi connectivity index (χ2v) is 10.9. The normalized spacial score (nSPS) is 16.0. The highest BCUT2D eigenvalue weighted by Crippen LogP contribution is 2.34. The van der Waals surface area contributed by atoms with Crippen LogP contribution in [0.5, 0.6) is 0 Å². The molecule has 0 unspecified atom stereocenters. The van der Waals surface area contributed by atoms with Crippen molar-refractivity contribution in [3.05, 3.63) is 114 Å². The Morgan fingerprint density at radius 3 is 2.44 bits per heavy atom. The first-order valence-corrected chi connectivity index (χ1v) is 14.3. The van der Waals surface area contributed by atoms with Crippen molar-refractivity contribution in [1.29, 1.82) is 0 Å². The van der Waals surface area contributed by atoms with Crippen molar-refractivity contribution in [2.45, 2.75) is 32.2 Å². The maximum absolute atomic E-state index is 13.8. The van der Waals surface area contributed by atoms with Crippen LogP contribution in [0.4, 0.5) is 0 Å². The Labute approximate surface area is 230 Å². The molecule has 1 fully saturated rings. The van der Waals surface area contributed by atoms with Crippen LogP contribution in [0.15, 0.2) is 97.3 Å². The molecule has 1 aromatic heterocycles. The van der Waals surface area contributed by atoms with Gasteiger partial charge in [0.25, 0.3) is 5.91 Å². The van der Waals surface area contributed by atoms with Crippen LogP contribution < -0.4 is 0 Å². The molecule has 1 saturated heterocycles. The molecule has 1 aliphatic rings. The van der Waals surface area contributed by atoms with Gasteiger partial charge >= 0.3 is 0 Å². The van der Waals surface area contributed by atoms with E-state index < -0.39 is 0 Å².